The molecule has 0 aromatic carbocycles. The molecular weight excluding hydrogens is 286 g/mol. The van der Waals surface area contributed by atoms with Gasteiger partial charge in [0.1, 0.15) is 6.04 Å². The van der Waals surface area contributed by atoms with Gasteiger partial charge in [0.15, 0.2) is 0 Å². The topological polar surface area (TPSA) is 125 Å². The summed E-state index contributed by atoms with van der Waals surface area (Å²) in [5.74, 6) is -2.06. The summed E-state index contributed by atoms with van der Waals surface area (Å²) in [4.78, 5) is 28.7. The van der Waals surface area contributed by atoms with Crippen LogP contribution in [0.4, 0.5) is 0 Å². The average Bonchev–Trinajstić information content (AvgIpc) is 3.12. The molecule has 7 nitrogen and oxygen atoms in total. The first-order valence-corrected chi connectivity index (χ1v) is 7.04. The molecule has 0 saturated carbocycles. The van der Waals surface area contributed by atoms with Crippen LogP contribution >= 0.6 is 0 Å². The minimum atomic E-state index is -0.979. The number of hydrogen-bond acceptors (Lipinski definition) is 5. The van der Waals surface area contributed by atoms with Crippen molar-refractivity contribution in [2.45, 2.75) is 38.6 Å². The number of rotatable bonds is 6. The molecular formula is C15H21N3O4. The van der Waals surface area contributed by atoms with E-state index in [4.69, 9.17) is 15.9 Å². The van der Waals surface area contributed by atoms with Gasteiger partial charge in [0.05, 0.1) is 5.92 Å². The molecule has 2 heterocycles. The highest BCUT2D eigenvalue weighted by molar-refractivity contribution is 5.74. The number of carboxylic acids is 2. The highest BCUT2D eigenvalue weighted by Crippen LogP contribution is 2.16. The second-order valence-corrected chi connectivity index (χ2v) is 5.08. The molecule has 0 saturated heterocycles. The summed E-state index contributed by atoms with van der Waals surface area (Å²) in [7, 11) is 0. The molecule has 2 rings (SSSR count). The van der Waals surface area contributed by atoms with Gasteiger partial charge >= 0.3 is 11.9 Å². The zero-order chi connectivity index (χ0) is 16.5. The highest BCUT2D eigenvalue weighted by Gasteiger charge is 2.14. The monoisotopic (exact) mass is 307 g/mol. The van der Waals surface area contributed by atoms with Crippen molar-refractivity contribution < 1.29 is 19.8 Å². The molecule has 2 aliphatic heterocycles. The van der Waals surface area contributed by atoms with Gasteiger partial charge in [-0.2, -0.15) is 0 Å². The van der Waals surface area contributed by atoms with E-state index in [0.717, 1.165) is 24.2 Å². The van der Waals surface area contributed by atoms with Crippen molar-refractivity contribution in [3.05, 3.63) is 23.5 Å². The number of aliphatic imine (C=N–C) groups is 2. The summed E-state index contributed by atoms with van der Waals surface area (Å²) >= 11 is 0. The van der Waals surface area contributed by atoms with Crippen molar-refractivity contribution in [1.82, 2.24) is 0 Å². The molecule has 22 heavy (non-hydrogen) atoms. The lowest BCUT2D eigenvalue weighted by Gasteiger charge is -2.03. The molecule has 0 radical (unpaired) electrons. The molecule has 0 unspecified atom stereocenters. The van der Waals surface area contributed by atoms with Gasteiger partial charge in [-0.1, -0.05) is 19.1 Å². The van der Waals surface area contributed by atoms with Gasteiger partial charge in [-0.05, 0) is 0 Å². The Morgan fingerprint density at radius 1 is 1.09 bits per heavy atom. The summed E-state index contributed by atoms with van der Waals surface area (Å²) in [5, 5.41) is 17.0. The van der Waals surface area contributed by atoms with Gasteiger partial charge in [0, 0.05) is 49.5 Å². The SMILES string of the molecule is C[C@@H](CC1=CCC=N1)C(=O)O.N[C@@H](CC1=CCC=N1)C(=O)O. The van der Waals surface area contributed by atoms with Gasteiger partial charge in [-0.15, -0.1) is 0 Å². The molecule has 7 heteroatoms. The van der Waals surface area contributed by atoms with Crippen LogP contribution in [0.2, 0.25) is 0 Å². The van der Waals surface area contributed by atoms with Crippen molar-refractivity contribution in [2.75, 3.05) is 0 Å². The average molecular weight is 307 g/mol. The van der Waals surface area contributed by atoms with Crippen molar-refractivity contribution in [2.24, 2.45) is 21.6 Å². The third-order valence-corrected chi connectivity index (χ3v) is 3.12. The maximum Gasteiger partial charge on any atom is 0.320 e. The Kier molecular flexibility index (Phi) is 7.18. The van der Waals surface area contributed by atoms with E-state index in [1.54, 1.807) is 19.4 Å². The van der Waals surface area contributed by atoms with Crippen LogP contribution in [0.3, 0.4) is 0 Å². The van der Waals surface area contributed by atoms with E-state index >= 15 is 0 Å². The standard InChI is InChI=1S/C8H11NO2.C7H10N2O2/c1-6(8(10)11)5-7-3-2-4-9-7;8-6(7(10)11)4-5-2-1-3-9-5/h3-4,6H,2,5H2,1H3,(H,10,11);2-3,6H,1,4,8H2,(H,10,11)/t2*6-/m00/s1. The number of hydrogen-bond donors (Lipinski definition) is 3. The number of carbonyl (C=O) groups is 2. The predicted octanol–water partition coefficient (Wildman–Crippen LogP) is 1.60. The minimum Gasteiger partial charge on any atom is -0.481 e. The Labute approximate surface area is 129 Å². The first kappa shape index (κ1) is 17.8. The molecule has 0 aromatic heterocycles. The van der Waals surface area contributed by atoms with Crippen LogP contribution < -0.4 is 5.73 Å². The van der Waals surface area contributed by atoms with E-state index in [1.165, 1.54) is 0 Å². The van der Waals surface area contributed by atoms with Gasteiger partial charge in [0.25, 0.3) is 0 Å². The summed E-state index contributed by atoms with van der Waals surface area (Å²) in [6.07, 6.45) is 9.89. The highest BCUT2D eigenvalue weighted by atomic mass is 16.4. The van der Waals surface area contributed by atoms with Crippen molar-refractivity contribution in [3.8, 4) is 0 Å². The molecule has 0 aliphatic carbocycles. The molecule has 0 aromatic rings. The lowest BCUT2D eigenvalue weighted by atomic mass is 10.1. The second-order valence-electron chi connectivity index (χ2n) is 5.08. The Hall–Kier alpha value is -2.28. The van der Waals surface area contributed by atoms with Gasteiger partial charge in [-0.3, -0.25) is 19.6 Å². The summed E-state index contributed by atoms with van der Waals surface area (Å²) in [6, 6.07) is -0.823. The predicted molar refractivity (Wildman–Crippen MR) is 84.0 cm³/mol. The Bertz CT molecular complexity index is 487. The lowest BCUT2D eigenvalue weighted by molar-refractivity contribution is -0.141. The number of carboxylic acid groups (broad SMARTS) is 2. The van der Waals surface area contributed by atoms with Gasteiger partial charge in [0.2, 0.25) is 0 Å². The first-order valence-electron chi connectivity index (χ1n) is 7.04. The normalized spacial score (nSPS) is 18.1. The van der Waals surface area contributed by atoms with Crippen LogP contribution in [-0.4, -0.2) is 40.6 Å². The maximum absolute atomic E-state index is 10.4. The summed E-state index contributed by atoms with van der Waals surface area (Å²) in [5.41, 5.74) is 6.96. The Morgan fingerprint density at radius 3 is 1.95 bits per heavy atom. The molecule has 2 atom stereocenters. The van der Waals surface area contributed by atoms with Crippen LogP contribution in [0.1, 0.15) is 32.6 Å². The number of allylic oxidation sites excluding steroid dienone is 3. The zero-order valence-corrected chi connectivity index (χ0v) is 12.5. The fourth-order valence-electron chi connectivity index (χ4n) is 1.81. The van der Waals surface area contributed by atoms with Crippen LogP contribution in [0.25, 0.3) is 0 Å². The van der Waals surface area contributed by atoms with Crippen LogP contribution in [0, 0.1) is 5.92 Å². The number of aliphatic carboxylic acids is 2. The summed E-state index contributed by atoms with van der Waals surface area (Å²) in [6.45, 7) is 1.69. The number of nitrogens with zero attached hydrogens (tertiary/aromatic N) is 2. The Morgan fingerprint density at radius 2 is 1.59 bits per heavy atom. The molecule has 0 spiro atoms. The van der Waals surface area contributed by atoms with E-state index in [-0.39, 0.29) is 5.92 Å². The molecule has 2 aliphatic rings. The van der Waals surface area contributed by atoms with Crippen LogP contribution in [0.5, 0.6) is 0 Å². The zero-order valence-electron chi connectivity index (χ0n) is 12.5. The lowest BCUT2D eigenvalue weighted by Crippen LogP contribution is -2.30. The van der Waals surface area contributed by atoms with Crippen molar-refractivity contribution >= 4 is 24.4 Å². The van der Waals surface area contributed by atoms with Gasteiger partial charge in [-0.25, -0.2) is 0 Å². The van der Waals surface area contributed by atoms with E-state index < -0.39 is 18.0 Å². The first-order chi connectivity index (χ1) is 10.4. The van der Waals surface area contributed by atoms with Crippen LogP contribution in [0.15, 0.2) is 33.5 Å². The van der Waals surface area contributed by atoms with Crippen molar-refractivity contribution in [1.29, 1.82) is 0 Å². The molecule has 0 amide bonds. The van der Waals surface area contributed by atoms with E-state index in [0.29, 0.717) is 12.8 Å². The quantitative estimate of drug-likeness (QED) is 0.687. The fourth-order valence-corrected chi connectivity index (χ4v) is 1.81. The van der Waals surface area contributed by atoms with Gasteiger partial charge < -0.3 is 15.9 Å². The minimum absolute atomic E-state index is 0.323. The van der Waals surface area contributed by atoms with Crippen molar-refractivity contribution in [3.63, 3.8) is 0 Å². The second kappa shape index (κ2) is 8.89. The fraction of sp³-hybridized carbons (Fsp3) is 0.467. The molecule has 0 fully saturated rings. The smallest absolute Gasteiger partial charge is 0.320 e. The third kappa shape index (κ3) is 6.45. The number of nitrogens with two attached hydrogens (primary N) is 1. The van der Waals surface area contributed by atoms with E-state index in [1.807, 2.05) is 12.2 Å². The van der Waals surface area contributed by atoms with E-state index in [2.05, 4.69) is 9.98 Å². The molecule has 4 N–H and O–H groups in total. The Balaban J connectivity index is 0.000000220. The van der Waals surface area contributed by atoms with Crippen LogP contribution in [-0.2, 0) is 9.59 Å². The van der Waals surface area contributed by atoms with E-state index in [9.17, 15) is 9.59 Å². The summed E-state index contributed by atoms with van der Waals surface area (Å²) < 4.78 is 0. The molecule has 120 valence electrons. The largest absolute Gasteiger partial charge is 0.481 e. The maximum atomic E-state index is 10.4. The third-order valence-electron chi connectivity index (χ3n) is 3.12. The molecule has 0 bridgehead atoms.